The first kappa shape index (κ1) is 7.62. The Labute approximate surface area is 57.8 Å². The highest BCUT2D eigenvalue weighted by Crippen LogP contribution is 1.96. The molecule has 5 nitrogen and oxygen atoms in total. The Balaban J connectivity index is 2.22. The molecule has 0 amide bonds. The van der Waals surface area contributed by atoms with E-state index in [0.717, 1.165) is 0 Å². The molecular weight excluding hydrogens is 140 g/mol. The highest BCUT2D eigenvalue weighted by Gasteiger charge is 2.09. The van der Waals surface area contributed by atoms with Crippen molar-refractivity contribution in [3.05, 3.63) is 0 Å². The van der Waals surface area contributed by atoms with Gasteiger partial charge in [0.25, 0.3) is 0 Å². The molecule has 0 unspecified atom stereocenters. The van der Waals surface area contributed by atoms with Crippen molar-refractivity contribution < 1.29 is 23.7 Å². The fourth-order valence-electron chi connectivity index (χ4n) is 0.484. The molecule has 0 saturated carbocycles. The lowest BCUT2D eigenvalue weighted by Gasteiger charge is -2.16. The molecule has 10 heavy (non-hydrogen) atoms. The largest absolute Gasteiger partial charge is 0.329 e. The predicted octanol–water partition coefficient (Wildman–Crippen LogP) is -0.536. The lowest BCUT2D eigenvalue weighted by molar-refractivity contribution is -0.275. The summed E-state index contributed by atoms with van der Waals surface area (Å²) in [6.45, 7) is 0.165. The molecule has 0 aromatic rings. The Kier molecular flexibility index (Phi) is 3.31. The van der Waals surface area contributed by atoms with Crippen LogP contribution in [-0.2, 0) is 23.7 Å². The molecule has 5 heteroatoms. The maximum Gasteiger partial charge on any atom is 0.219 e. The fraction of sp³-hybridized carbons (Fsp3) is 0.800. The molecule has 1 aliphatic rings. The number of hydrogen-bond acceptors (Lipinski definition) is 5. The second-order valence-electron chi connectivity index (χ2n) is 1.60. The highest BCUT2D eigenvalue weighted by molar-refractivity contribution is 5.53. The number of carbonyl (C=O) groups is 1. The van der Waals surface area contributed by atoms with Crippen molar-refractivity contribution in [2.75, 3.05) is 20.4 Å². The third-order valence-electron chi connectivity index (χ3n) is 0.909. The second kappa shape index (κ2) is 4.35. The monoisotopic (exact) mass is 148 g/mol. The van der Waals surface area contributed by atoms with E-state index in [9.17, 15) is 4.79 Å². The van der Waals surface area contributed by atoms with Crippen LogP contribution in [0, 0.1) is 0 Å². The van der Waals surface area contributed by atoms with E-state index in [1.54, 1.807) is 0 Å². The molecule has 0 aliphatic carbocycles. The third-order valence-corrected chi connectivity index (χ3v) is 0.909. The SMILES string of the molecule is O=CC1OCOCOCO1. The Hall–Kier alpha value is -0.490. The fourth-order valence-corrected chi connectivity index (χ4v) is 0.484. The van der Waals surface area contributed by atoms with E-state index >= 15 is 0 Å². The van der Waals surface area contributed by atoms with E-state index in [2.05, 4.69) is 0 Å². The molecule has 58 valence electrons. The third kappa shape index (κ3) is 2.40. The smallest absolute Gasteiger partial charge is 0.219 e. The minimum atomic E-state index is -0.861. The summed E-state index contributed by atoms with van der Waals surface area (Å²) in [7, 11) is 0. The van der Waals surface area contributed by atoms with E-state index in [-0.39, 0.29) is 20.4 Å². The average molecular weight is 148 g/mol. The molecule has 0 bridgehead atoms. The van der Waals surface area contributed by atoms with Crippen molar-refractivity contribution in [2.24, 2.45) is 0 Å². The predicted molar refractivity (Wildman–Crippen MR) is 28.8 cm³/mol. The molecule has 1 saturated heterocycles. The zero-order valence-corrected chi connectivity index (χ0v) is 5.32. The first-order valence-electron chi connectivity index (χ1n) is 2.77. The van der Waals surface area contributed by atoms with Crippen molar-refractivity contribution in [3.63, 3.8) is 0 Å². The molecule has 0 aromatic heterocycles. The van der Waals surface area contributed by atoms with Crippen LogP contribution in [0.4, 0.5) is 0 Å². The molecule has 0 radical (unpaired) electrons. The molecule has 0 atom stereocenters. The Morgan fingerprint density at radius 2 is 1.70 bits per heavy atom. The van der Waals surface area contributed by atoms with Gasteiger partial charge >= 0.3 is 0 Å². The van der Waals surface area contributed by atoms with Crippen LogP contribution in [0.15, 0.2) is 0 Å². The van der Waals surface area contributed by atoms with Crippen LogP contribution < -0.4 is 0 Å². The summed E-state index contributed by atoms with van der Waals surface area (Å²) >= 11 is 0. The van der Waals surface area contributed by atoms with Gasteiger partial charge in [0, 0.05) is 0 Å². The van der Waals surface area contributed by atoms with E-state index in [4.69, 9.17) is 18.9 Å². The van der Waals surface area contributed by atoms with Gasteiger partial charge in [-0.2, -0.15) is 0 Å². The van der Waals surface area contributed by atoms with E-state index in [1.165, 1.54) is 0 Å². The van der Waals surface area contributed by atoms with Gasteiger partial charge in [0.15, 0.2) is 26.7 Å². The normalized spacial score (nSPS) is 23.2. The summed E-state index contributed by atoms with van der Waals surface area (Å²) in [6.07, 6.45) is -0.321. The van der Waals surface area contributed by atoms with Gasteiger partial charge in [-0.15, -0.1) is 0 Å². The minimum Gasteiger partial charge on any atom is -0.329 e. The van der Waals surface area contributed by atoms with Crippen LogP contribution in [0.5, 0.6) is 0 Å². The lowest BCUT2D eigenvalue weighted by Crippen LogP contribution is -2.25. The number of carbonyl (C=O) groups excluding carboxylic acids is 1. The maximum atomic E-state index is 10.1. The van der Waals surface area contributed by atoms with Gasteiger partial charge in [-0.05, 0) is 0 Å². The van der Waals surface area contributed by atoms with Gasteiger partial charge in [0.1, 0.15) is 0 Å². The van der Waals surface area contributed by atoms with E-state index in [1.807, 2.05) is 0 Å². The molecule has 1 heterocycles. The van der Waals surface area contributed by atoms with Crippen molar-refractivity contribution in [1.82, 2.24) is 0 Å². The maximum absolute atomic E-state index is 10.1. The number of rotatable bonds is 1. The van der Waals surface area contributed by atoms with Gasteiger partial charge in [0.05, 0.1) is 0 Å². The molecule has 1 rings (SSSR count). The quantitative estimate of drug-likeness (QED) is 0.467. The van der Waals surface area contributed by atoms with Gasteiger partial charge in [-0.1, -0.05) is 0 Å². The van der Waals surface area contributed by atoms with Crippen molar-refractivity contribution >= 4 is 6.29 Å². The second-order valence-corrected chi connectivity index (χ2v) is 1.60. The van der Waals surface area contributed by atoms with Crippen molar-refractivity contribution in [1.29, 1.82) is 0 Å². The summed E-state index contributed by atoms with van der Waals surface area (Å²) in [5, 5.41) is 0. The van der Waals surface area contributed by atoms with Crippen LogP contribution in [0.2, 0.25) is 0 Å². The lowest BCUT2D eigenvalue weighted by atomic mass is 10.7. The first-order valence-corrected chi connectivity index (χ1v) is 2.77. The molecule has 0 N–H and O–H groups in total. The molecule has 0 spiro atoms. The number of hydrogen-bond donors (Lipinski definition) is 0. The zero-order valence-electron chi connectivity index (χ0n) is 5.32. The topological polar surface area (TPSA) is 54.0 Å². The standard InChI is InChI=1S/C5H8O5/c6-1-5-9-3-7-2-8-4-10-5/h1,5H,2-4H2. The Morgan fingerprint density at radius 3 is 2.20 bits per heavy atom. The van der Waals surface area contributed by atoms with Crippen LogP contribution in [-0.4, -0.2) is 33.0 Å². The van der Waals surface area contributed by atoms with Gasteiger partial charge in [-0.25, -0.2) is 0 Å². The van der Waals surface area contributed by atoms with Gasteiger partial charge in [-0.3, -0.25) is 4.79 Å². The molecular formula is C5H8O5. The number of ether oxygens (including phenoxy) is 4. The molecule has 1 fully saturated rings. The summed E-state index contributed by atoms with van der Waals surface area (Å²) < 4.78 is 18.9. The van der Waals surface area contributed by atoms with Crippen LogP contribution >= 0.6 is 0 Å². The van der Waals surface area contributed by atoms with Gasteiger partial charge < -0.3 is 18.9 Å². The molecule has 1 aliphatic heterocycles. The van der Waals surface area contributed by atoms with E-state index in [0.29, 0.717) is 6.29 Å². The van der Waals surface area contributed by atoms with Crippen LogP contribution in [0.3, 0.4) is 0 Å². The minimum absolute atomic E-state index is 0.0173. The number of aldehydes is 1. The van der Waals surface area contributed by atoms with Crippen LogP contribution in [0.25, 0.3) is 0 Å². The van der Waals surface area contributed by atoms with Crippen molar-refractivity contribution in [3.8, 4) is 0 Å². The van der Waals surface area contributed by atoms with Crippen LogP contribution in [0.1, 0.15) is 0 Å². The highest BCUT2D eigenvalue weighted by atomic mass is 16.8. The van der Waals surface area contributed by atoms with Crippen molar-refractivity contribution in [2.45, 2.75) is 6.29 Å². The first-order chi connectivity index (χ1) is 4.93. The summed E-state index contributed by atoms with van der Waals surface area (Å²) in [5.74, 6) is 0. The van der Waals surface area contributed by atoms with Gasteiger partial charge in [0.2, 0.25) is 6.29 Å². The summed E-state index contributed by atoms with van der Waals surface area (Å²) in [5.41, 5.74) is 0. The Morgan fingerprint density at radius 1 is 1.10 bits per heavy atom. The molecule has 0 aromatic carbocycles. The Bertz CT molecular complexity index is 96.2. The summed E-state index contributed by atoms with van der Waals surface area (Å²) in [4.78, 5) is 10.1. The van der Waals surface area contributed by atoms with E-state index < -0.39 is 6.29 Å². The summed E-state index contributed by atoms with van der Waals surface area (Å²) in [6, 6.07) is 0. The average Bonchev–Trinajstić information content (AvgIpc) is 1.87. The zero-order chi connectivity index (χ0) is 7.23.